The van der Waals surface area contributed by atoms with Crippen LogP contribution in [0.25, 0.3) is 10.9 Å². The van der Waals surface area contributed by atoms with Crippen molar-refractivity contribution < 1.29 is 18.9 Å². The number of carbonyl (C=O) groups is 2. The van der Waals surface area contributed by atoms with Crippen LogP contribution in [-0.4, -0.2) is 33.4 Å². The third-order valence-corrected chi connectivity index (χ3v) is 6.91. The Kier molecular flexibility index (Phi) is 8.10. The number of aromatic nitrogens is 1. The Bertz CT molecular complexity index is 1160. The number of fused-ring (bicyclic) bond motifs is 1. The molecule has 0 saturated heterocycles. The van der Waals surface area contributed by atoms with E-state index in [-0.39, 0.29) is 23.6 Å². The topological polar surface area (TPSA) is 83.4 Å². The van der Waals surface area contributed by atoms with Crippen molar-refractivity contribution in [3.63, 3.8) is 0 Å². The van der Waals surface area contributed by atoms with Crippen LogP contribution in [0, 0.1) is 12.8 Å². The van der Waals surface area contributed by atoms with Crippen molar-refractivity contribution in [2.45, 2.75) is 38.6 Å². The van der Waals surface area contributed by atoms with E-state index in [4.69, 9.17) is 16.3 Å². The minimum atomic E-state index is -1.48. The number of hydrogen-bond donors (Lipinski definition) is 1. The Morgan fingerprint density at radius 2 is 1.82 bits per heavy atom. The maximum absolute atomic E-state index is 12.9. The van der Waals surface area contributed by atoms with Crippen LogP contribution in [0.5, 0.6) is 0 Å². The maximum Gasteiger partial charge on any atom is 0.356 e. The minimum absolute atomic E-state index is 0.179. The molecule has 6 nitrogen and oxygen atoms in total. The molecular formula is C25H29ClN2O4S. The van der Waals surface area contributed by atoms with E-state index in [9.17, 15) is 14.1 Å². The molecule has 2 aromatic carbocycles. The molecule has 0 radical (unpaired) electrons. The van der Waals surface area contributed by atoms with Gasteiger partial charge >= 0.3 is 5.97 Å². The molecule has 1 heterocycles. The molecule has 0 aliphatic rings. The molecule has 33 heavy (non-hydrogen) atoms. The number of esters is 1. The number of nitrogens with one attached hydrogen (secondary N) is 1. The van der Waals surface area contributed by atoms with Gasteiger partial charge in [-0.2, -0.15) is 0 Å². The summed E-state index contributed by atoms with van der Waals surface area (Å²) >= 11 is 4.87. The van der Waals surface area contributed by atoms with E-state index < -0.39 is 17.1 Å². The normalized spacial score (nSPS) is 13.2. The van der Waals surface area contributed by atoms with Crippen LogP contribution >= 0.6 is 11.6 Å². The second-order valence-corrected chi connectivity index (χ2v) is 10.5. The molecule has 0 fully saturated rings. The highest BCUT2D eigenvalue weighted by atomic mass is 35.5. The first-order chi connectivity index (χ1) is 15.6. The van der Waals surface area contributed by atoms with Gasteiger partial charge in [0.15, 0.2) is 4.90 Å². The highest BCUT2D eigenvalue weighted by Crippen LogP contribution is 2.28. The highest BCUT2D eigenvalue weighted by molar-refractivity contribution is 7.92. The van der Waals surface area contributed by atoms with Crippen molar-refractivity contribution in [2.75, 3.05) is 12.4 Å². The Morgan fingerprint density at radius 1 is 1.15 bits per heavy atom. The molecule has 1 amide bonds. The first kappa shape index (κ1) is 25.1. The molecule has 0 saturated carbocycles. The van der Waals surface area contributed by atoms with Gasteiger partial charge in [0, 0.05) is 12.4 Å². The van der Waals surface area contributed by atoms with Crippen molar-refractivity contribution in [1.29, 1.82) is 0 Å². The molecule has 0 bridgehead atoms. The number of ether oxygens (including phenoxy) is 1. The van der Waals surface area contributed by atoms with Gasteiger partial charge in [0.05, 0.1) is 23.2 Å². The van der Waals surface area contributed by atoms with Crippen molar-refractivity contribution >= 4 is 45.6 Å². The first-order valence-corrected chi connectivity index (χ1v) is 12.5. The molecule has 0 aliphatic carbocycles. The lowest BCUT2D eigenvalue weighted by molar-refractivity contribution is -0.141. The number of hydrogen-bond acceptors (Lipinski definition) is 4. The minimum Gasteiger partial charge on any atom is -0.611 e. The van der Waals surface area contributed by atoms with Crippen LogP contribution in [-0.2, 0) is 27.8 Å². The summed E-state index contributed by atoms with van der Waals surface area (Å²) in [7, 11) is 1.84. The average molecular weight is 489 g/mol. The molecule has 1 unspecified atom stereocenters. The molecule has 176 valence electrons. The summed E-state index contributed by atoms with van der Waals surface area (Å²) in [6, 6.07) is 12.4. The van der Waals surface area contributed by atoms with E-state index in [2.05, 4.69) is 5.32 Å². The lowest BCUT2D eigenvalue weighted by atomic mass is 10.1. The predicted octanol–water partition coefficient (Wildman–Crippen LogP) is 4.94. The second kappa shape index (κ2) is 10.6. The van der Waals surface area contributed by atoms with Gasteiger partial charge in [-0.05, 0) is 72.4 Å². The Balaban J connectivity index is 1.66. The van der Waals surface area contributed by atoms with E-state index in [1.54, 1.807) is 30.3 Å². The molecule has 3 rings (SSSR count). The van der Waals surface area contributed by atoms with Gasteiger partial charge < -0.3 is 19.2 Å². The van der Waals surface area contributed by atoms with Crippen molar-refractivity contribution in [3.8, 4) is 0 Å². The third-order valence-electron chi connectivity index (χ3n) is 5.31. The number of nitrogens with zero attached hydrogens (tertiary/aromatic N) is 1. The van der Waals surface area contributed by atoms with Crippen LogP contribution < -0.4 is 5.32 Å². The summed E-state index contributed by atoms with van der Waals surface area (Å²) in [5, 5.41) is 4.45. The number of benzene rings is 2. The van der Waals surface area contributed by atoms with Gasteiger partial charge in [-0.1, -0.05) is 37.6 Å². The average Bonchev–Trinajstić information content (AvgIpc) is 3.09. The van der Waals surface area contributed by atoms with Gasteiger partial charge in [-0.25, -0.2) is 4.79 Å². The largest absolute Gasteiger partial charge is 0.611 e. The van der Waals surface area contributed by atoms with Crippen LogP contribution in [0.15, 0.2) is 47.4 Å². The Labute approximate surface area is 202 Å². The van der Waals surface area contributed by atoms with Gasteiger partial charge in [0.2, 0.25) is 5.75 Å². The zero-order valence-electron chi connectivity index (χ0n) is 19.5. The van der Waals surface area contributed by atoms with Gasteiger partial charge in [0.25, 0.3) is 5.91 Å². The second-order valence-electron chi connectivity index (χ2n) is 8.60. The monoisotopic (exact) mass is 488 g/mol. The maximum atomic E-state index is 12.9. The smallest absolute Gasteiger partial charge is 0.356 e. The fourth-order valence-corrected chi connectivity index (χ4v) is 4.72. The molecule has 0 aliphatic heterocycles. The molecule has 0 spiro atoms. The zero-order valence-corrected chi connectivity index (χ0v) is 21.0. The van der Waals surface area contributed by atoms with Gasteiger partial charge in [-0.3, -0.25) is 4.79 Å². The lowest BCUT2D eigenvalue weighted by Gasteiger charge is -2.16. The highest BCUT2D eigenvalue weighted by Gasteiger charge is 2.20. The van der Waals surface area contributed by atoms with Crippen molar-refractivity contribution in [3.05, 3.63) is 64.3 Å². The summed E-state index contributed by atoms with van der Waals surface area (Å²) < 4.78 is 19.4. The fourth-order valence-electron chi connectivity index (χ4n) is 3.49. The van der Waals surface area contributed by atoms with Crippen LogP contribution in [0.1, 0.15) is 48.4 Å². The van der Waals surface area contributed by atoms with Crippen molar-refractivity contribution in [2.24, 2.45) is 13.0 Å². The first-order valence-electron chi connectivity index (χ1n) is 10.8. The Hall–Kier alpha value is -2.48. The Morgan fingerprint density at radius 3 is 2.45 bits per heavy atom. The number of amides is 1. The number of halogens is 1. The number of rotatable bonds is 8. The predicted molar refractivity (Wildman–Crippen MR) is 132 cm³/mol. The van der Waals surface area contributed by atoms with Crippen LogP contribution in [0.4, 0.5) is 0 Å². The lowest BCUT2D eigenvalue weighted by Crippen LogP contribution is -2.28. The summed E-state index contributed by atoms with van der Waals surface area (Å²) in [5.41, 5.74) is 3.30. The van der Waals surface area contributed by atoms with E-state index >= 15 is 0 Å². The number of aryl methyl sites for hydroxylation is 2. The van der Waals surface area contributed by atoms with Gasteiger partial charge in [0.1, 0.15) is 5.69 Å². The van der Waals surface area contributed by atoms with E-state index in [1.807, 2.05) is 51.4 Å². The molecule has 1 N–H and O–H groups in total. The SMILES string of the molecule is Cc1cc(Cl)c2cc(C(=O)N[C@H](C)c3ccc([S+]([O-])CC(=O)OCC(C)C)cc3)n(C)c2c1. The van der Waals surface area contributed by atoms with Crippen LogP contribution in [0.3, 0.4) is 0 Å². The third kappa shape index (κ3) is 6.10. The zero-order chi connectivity index (χ0) is 24.3. The fraction of sp³-hybridized carbons (Fsp3) is 0.360. The van der Waals surface area contributed by atoms with E-state index in [1.165, 1.54) is 0 Å². The van der Waals surface area contributed by atoms with E-state index in [0.29, 0.717) is 22.2 Å². The van der Waals surface area contributed by atoms with E-state index in [0.717, 1.165) is 22.0 Å². The molecule has 8 heteroatoms. The number of carbonyl (C=O) groups excluding carboxylic acids is 2. The van der Waals surface area contributed by atoms with Gasteiger partial charge in [-0.15, -0.1) is 0 Å². The molecule has 1 aromatic heterocycles. The summed E-state index contributed by atoms with van der Waals surface area (Å²) in [6.07, 6.45) is 0. The van der Waals surface area contributed by atoms with Crippen molar-refractivity contribution in [1.82, 2.24) is 9.88 Å². The van der Waals surface area contributed by atoms with Crippen LogP contribution in [0.2, 0.25) is 5.02 Å². The molecular weight excluding hydrogens is 460 g/mol. The summed E-state index contributed by atoms with van der Waals surface area (Å²) in [5.74, 6) is -0.637. The quantitative estimate of drug-likeness (QED) is 0.359. The molecule has 2 atom stereocenters. The summed E-state index contributed by atoms with van der Waals surface area (Å²) in [6.45, 7) is 8.05. The summed E-state index contributed by atoms with van der Waals surface area (Å²) in [4.78, 5) is 25.3. The molecule has 3 aromatic rings. The standard InChI is InChI=1S/C25H29ClN2O4S/c1-15(2)13-32-24(29)14-33(31)19-8-6-18(7-9-19)17(4)27-25(30)23-12-20-21(26)10-16(3)11-22(20)28(23)5/h6-12,15,17H,13-14H2,1-5H3,(H,27,30)/t17-,33?/m1/s1.